The summed E-state index contributed by atoms with van der Waals surface area (Å²) in [6, 6.07) is 3.35. The molecule has 0 radical (unpaired) electrons. The molecular formula is C14H16ClN3O3S. The van der Waals surface area contributed by atoms with Crippen LogP contribution < -0.4 is 14.9 Å². The second-order valence-electron chi connectivity index (χ2n) is 4.56. The third kappa shape index (κ3) is 4.85. The van der Waals surface area contributed by atoms with Gasteiger partial charge in [-0.15, -0.1) is 0 Å². The van der Waals surface area contributed by atoms with E-state index >= 15 is 0 Å². The van der Waals surface area contributed by atoms with Crippen molar-refractivity contribution in [2.75, 3.05) is 13.2 Å². The van der Waals surface area contributed by atoms with Crippen LogP contribution >= 0.6 is 22.9 Å². The molecule has 22 heavy (non-hydrogen) atoms. The third-order valence-corrected chi connectivity index (χ3v) is 4.02. The topological polar surface area (TPSA) is 73.2 Å². The molecule has 118 valence electrons. The Bertz CT molecular complexity index is 681. The number of amides is 1. The molecule has 6 nitrogen and oxygen atoms in total. The Morgan fingerprint density at radius 3 is 2.95 bits per heavy atom. The van der Waals surface area contributed by atoms with E-state index < -0.39 is 0 Å². The van der Waals surface area contributed by atoms with Crippen LogP contribution in [0.3, 0.4) is 0 Å². The Morgan fingerprint density at radius 2 is 2.32 bits per heavy atom. The maximum Gasteiger partial charge on any atom is 0.307 e. The monoisotopic (exact) mass is 341 g/mol. The molecule has 0 saturated carbocycles. The van der Waals surface area contributed by atoms with Crippen LogP contribution in [0.4, 0.5) is 0 Å². The van der Waals surface area contributed by atoms with E-state index in [-0.39, 0.29) is 17.2 Å². The molecule has 0 aliphatic rings. The third-order valence-electron chi connectivity index (χ3n) is 2.91. The zero-order chi connectivity index (χ0) is 15.9. The molecule has 0 aliphatic carbocycles. The molecule has 0 atom stereocenters. The molecule has 0 unspecified atom stereocenters. The Balaban J connectivity index is 1.66. The number of aromatic nitrogens is 2. The van der Waals surface area contributed by atoms with Gasteiger partial charge >= 0.3 is 4.87 Å². The summed E-state index contributed by atoms with van der Waals surface area (Å²) in [5, 5.41) is 5.06. The predicted octanol–water partition coefficient (Wildman–Crippen LogP) is 1.85. The van der Waals surface area contributed by atoms with Crippen molar-refractivity contribution in [3.05, 3.63) is 44.1 Å². The average Bonchev–Trinajstić information content (AvgIpc) is 2.82. The number of hydrogen-bond acceptors (Lipinski definition) is 5. The lowest BCUT2D eigenvalue weighted by Crippen LogP contribution is -2.29. The van der Waals surface area contributed by atoms with Crippen LogP contribution in [0.1, 0.15) is 12.1 Å². The highest BCUT2D eigenvalue weighted by Crippen LogP contribution is 2.10. The molecule has 0 bridgehead atoms. The number of pyridine rings is 1. The minimum atomic E-state index is -0.120. The van der Waals surface area contributed by atoms with Crippen molar-refractivity contribution in [1.82, 2.24) is 14.9 Å². The number of rotatable bonds is 7. The van der Waals surface area contributed by atoms with E-state index in [0.717, 1.165) is 17.0 Å². The summed E-state index contributed by atoms with van der Waals surface area (Å²) in [6.07, 6.45) is 1.76. The quantitative estimate of drug-likeness (QED) is 0.780. The highest BCUT2D eigenvalue weighted by molar-refractivity contribution is 7.07. The van der Waals surface area contributed by atoms with Crippen LogP contribution in [0, 0.1) is 6.92 Å². The van der Waals surface area contributed by atoms with Crippen molar-refractivity contribution in [1.29, 1.82) is 0 Å². The average molecular weight is 342 g/mol. The number of thiazole rings is 1. The van der Waals surface area contributed by atoms with E-state index in [1.165, 1.54) is 6.20 Å². The number of nitrogens with one attached hydrogen (secondary N) is 1. The molecule has 0 aliphatic heterocycles. The van der Waals surface area contributed by atoms with Crippen LogP contribution in [-0.4, -0.2) is 28.6 Å². The van der Waals surface area contributed by atoms with E-state index in [2.05, 4.69) is 10.3 Å². The van der Waals surface area contributed by atoms with Crippen LogP contribution in [0.2, 0.25) is 5.02 Å². The molecular weight excluding hydrogens is 326 g/mol. The molecule has 0 fully saturated rings. The molecule has 2 aromatic heterocycles. The standard InChI is InChI=1S/C14H16ClN3O3S/c1-10-9-22-14(20)18(10)6-4-12(19)16-5-7-21-13-3-2-11(15)8-17-13/h2-3,8-9H,4-7H2,1H3,(H,16,19). The van der Waals surface area contributed by atoms with Crippen molar-refractivity contribution in [2.45, 2.75) is 19.9 Å². The largest absolute Gasteiger partial charge is 0.476 e. The van der Waals surface area contributed by atoms with Crippen molar-refractivity contribution < 1.29 is 9.53 Å². The normalized spacial score (nSPS) is 10.5. The fourth-order valence-corrected chi connectivity index (χ4v) is 2.64. The van der Waals surface area contributed by atoms with Gasteiger partial charge in [0.25, 0.3) is 0 Å². The Morgan fingerprint density at radius 1 is 1.50 bits per heavy atom. The molecule has 0 spiro atoms. The van der Waals surface area contributed by atoms with Crippen LogP contribution in [0.15, 0.2) is 28.5 Å². The predicted molar refractivity (Wildman–Crippen MR) is 85.7 cm³/mol. The summed E-state index contributed by atoms with van der Waals surface area (Å²) in [5.41, 5.74) is 0.875. The van der Waals surface area contributed by atoms with Gasteiger partial charge in [-0.3, -0.25) is 9.59 Å². The molecule has 0 aromatic carbocycles. The SMILES string of the molecule is Cc1csc(=O)n1CCC(=O)NCCOc1ccc(Cl)cn1. The second-order valence-corrected chi connectivity index (χ2v) is 5.81. The fraction of sp³-hybridized carbons (Fsp3) is 0.357. The Labute approximate surface area is 136 Å². The van der Waals surface area contributed by atoms with Gasteiger partial charge in [0.1, 0.15) is 6.61 Å². The number of hydrogen-bond donors (Lipinski definition) is 1. The molecule has 0 saturated heterocycles. The van der Waals surface area contributed by atoms with Crippen molar-refractivity contribution in [2.24, 2.45) is 0 Å². The first kappa shape index (κ1) is 16.5. The smallest absolute Gasteiger partial charge is 0.307 e. The molecule has 8 heteroatoms. The lowest BCUT2D eigenvalue weighted by atomic mass is 10.3. The zero-order valence-electron chi connectivity index (χ0n) is 12.0. The summed E-state index contributed by atoms with van der Waals surface area (Å²) in [6.45, 7) is 2.93. The van der Waals surface area contributed by atoms with Crippen molar-refractivity contribution in [3.8, 4) is 5.88 Å². The van der Waals surface area contributed by atoms with Crippen LogP contribution in [-0.2, 0) is 11.3 Å². The van der Waals surface area contributed by atoms with Gasteiger partial charge < -0.3 is 14.6 Å². The minimum absolute atomic E-state index is 0.0394. The number of halogens is 1. The molecule has 2 aromatic rings. The van der Waals surface area contributed by atoms with E-state index in [9.17, 15) is 9.59 Å². The summed E-state index contributed by atoms with van der Waals surface area (Å²) >= 11 is 6.86. The maximum absolute atomic E-state index is 11.7. The van der Waals surface area contributed by atoms with Gasteiger partial charge in [-0.05, 0) is 13.0 Å². The van der Waals surface area contributed by atoms with Gasteiger partial charge in [0.15, 0.2) is 0 Å². The molecule has 1 amide bonds. The number of ether oxygens (including phenoxy) is 1. The van der Waals surface area contributed by atoms with E-state index in [1.807, 2.05) is 6.92 Å². The van der Waals surface area contributed by atoms with Gasteiger partial charge in [0.2, 0.25) is 11.8 Å². The first-order chi connectivity index (χ1) is 10.6. The lowest BCUT2D eigenvalue weighted by Gasteiger charge is -2.08. The first-order valence-electron chi connectivity index (χ1n) is 6.72. The molecule has 2 rings (SSSR count). The second kappa shape index (κ2) is 7.95. The zero-order valence-corrected chi connectivity index (χ0v) is 13.6. The number of carbonyl (C=O) groups excluding carboxylic acids is 1. The number of carbonyl (C=O) groups is 1. The lowest BCUT2D eigenvalue weighted by molar-refractivity contribution is -0.121. The summed E-state index contributed by atoms with van der Waals surface area (Å²) < 4.78 is 6.96. The van der Waals surface area contributed by atoms with Crippen LogP contribution in [0.5, 0.6) is 5.88 Å². The van der Waals surface area contributed by atoms with E-state index in [1.54, 1.807) is 22.1 Å². The van der Waals surface area contributed by atoms with E-state index in [4.69, 9.17) is 16.3 Å². The highest BCUT2D eigenvalue weighted by Gasteiger charge is 2.06. The Kier molecular flexibility index (Phi) is 5.97. The van der Waals surface area contributed by atoms with Gasteiger partial charge in [-0.25, -0.2) is 4.98 Å². The molecule has 1 N–H and O–H groups in total. The first-order valence-corrected chi connectivity index (χ1v) is 7.98. The highest BCUT2D eigenvalue weighted by atomic mass is 35.5. The van der Waals surface area contributed by atoms with Crippen molar-refractivity contribution >= 4 is 28.8 Å². The molecule has 2 heterocycles. The summed E-state index contributed by atoms with van der Waals surface area (Å²) in [7, 11) is 0. The van der Waals surface area contributed by atoms with Gasteiger partial charge in [0, 0.05) is 36.3 Å². The minimum Gasteiger partial charge on any atom is -0.476 e. The van der Waals surface area contributed by atoms with Gasteiger partial charge in [-0.1, -0.05) is 22.9 Å². The summed E-state index contributed by atoms with van der Waals surface area (Å²) in [4.78, 5) is 27.2. The van der Waals surface area contributed by atoms with E-state index in [0.29, 0.717) is 30.6 Å². The number of aryl methyl sites for hydroxylation is 1. The van der Waals surface area contributed by atoms with Gasteiger partial charge in [0.05, 0.1) is 11.6 Å². The Hall–Kier alpha value is -1.86. The maximum atomic E-state index is 11.7. The van der Waals surface area contributed by atoms with Crippen LogP contribution in [0.25, 0.3) is 0 Å². The fourth-order valence-electron chi connectivity index (χ4n) is 1.77. The van der Waals surface area contributed by atoms with Crippen molar-refractivity contribution in [3.63, 3.8) is 0 Å². The number of nitrogens with zero attached hydrogens (tertiary/aromatic N) is 2. The van der Waals surface area contributed by atoms with Gasteiger partial charge in [-0.2, -0.15) is 0 Å². The summed E-state index contributed by atoms with van der Waals surface area (Å²) in [5.74, 6) is 0.337.